The van der Waals surface area contributed by atoms with Crippen LogP contribution in [0.15, 0.2) is 18.3 Å². The van der Waals surface area contributed by atoms with E-state index in [-0.39, 0.29) is 0 Å². The highest BCUT2D eigenvalue weighted by Crippen LogP contribution is 2.35. The predicted octanol–water partition coefficient (Wildman–Crippen LogP) is 2.33. The zero-order valence-electron chi connectivity index (χ0n) is 8.51. The number of benzene rings is 1. The first-order valence-electron chi connectivity index (χ1n) is 4.80. The Morgan fingerprint density at radius 1 is 1.47 bits per heavy atom. The lowest BCUT2D eigenvalue weighted by atomic mass is 10.1. The highest BCUT2D eigenvalue weighted by atomic mass is 35.5. The van der Waals surface area contributed by atoms with Gasteiger partial charge in [-0.3, -0.25) is 0 Å². The number of ether oxygens (including phenoxy) is 1. The molecule has 2 aromatic rings. The molecular weight excluding hydrogens is 212 g/mol. The summed E-state index contributed by atoms with van der Waals surface area (Å²) in [5.74, 6) is 0.721. The first-order chi connectivity index (χ1) is 7.27. The average molecular weight is 225 g/mol. The summed E-state index contributed by atoms with van der Waals surface area (Å²) in [6.07, 6.45) is 2.77. The molecule has 0 aliphatic rings. The van der Waals surface area contributed by atoms with Crippen LogP contribution in [0, 0.1) is 0 Å². The van der Waals surface area contributed by atoms with Crippen molar-refractivity contribution in [3.63, 3.8) is 0 Å². The molecule has 0 saturated heterocycles. The molecular formula is C11H13ClN2O. The number of hydrogen-bond donors (Lipinski definition) is 2. The van der Waals surface area contributed by atoms with Gasteiger partial charge in [-0.15, -0.1) is 0 Å². The van der Waals surface area contributed by atoms with Crippen LogP contribution in [0.2, 0.25) is 5.02 Å². The Balaban J connectivity index is 2.69. The van der Waals surface area contributed by atoms with Crippen LogP contribution >= 0.6 is 11.6 Å². The van der Waals surface area contributed by atoms with Gasteiger partial charge in [-0.25, -0.2) is 0 Å². The van der Waals surface area contributed by atoms with Gasteiger partial charge in [0, 0.05) is 17.1 Å². The third-order valence-corrected chi connectivity index (χ3v) is 2.75. The topological polar surface area (TPSA) is 51.0 Å². The van der Waals surface area contributed by atoms with E-state index in [1.54, 1.807) is 7.11 Å². The van der Waals surface area contributed by atoms with Crippen molar-refractivity contribution in [2.45, 2.75) is 6.42 Å². The van der Waals surface area contributed by atoms with Crippen LogP contribution in [0.25, 0.3) is 10.9 Å². The maximum absolute atomic E-state index is 6.06. The molecule has 80 valence electrons. The van der Waals surface area contributed by atoms with Gasteiger partial charge in [-0.05, 0) is 30.7 Å². The third kappa shape index (κ3) is 1.68. The summed E-state index contributed by atoms with van der Waals surface area (Å²) in [5.41, 5.74) is 7.73. The van der Waals surface area contributed by atoms with E-state index in [2.05, 4.69) is 4.98 Å². The number of rotatable bonds is 3. The average Bonchev–Trinajstić information content (AvgIpc) is 2.63. The molecule has 0 bridgehead atoms. The van der Waals surface area contributed by atoms with E-state index in [9.17, 15) is 0 Å². The normalized spacial score (nSPS) is 10.9. The Morgan fingerprint density at radius 3 is 2.93 bits per heavy atom. The standard InChI is InChI=1S/C11H13ClN2O/c1-15-11-8(12)2-3-9-10(11)7(4-5-13)6-14-9/h2-3,6,14H,4-5,13H2,1H3. The van der Waals surface area contributed by atoms with Gasteiger partial charge in [0.2, 0.25) is 0 Å². The lowest BCUT2D eigenvalue weighted by Crippen LogP contribution is -2.02. The van der Waals surface area contributed by atoms with Gasteiger partial charge in [0.25, 0.3) is 0 Å². The molecule has 0 amide bonds. The van der Waals surface area contributed by atoms with Crippen LogP contribution in [0.3, 0.4) is 0 Å². The molecule has 0 fully saturated rings. The van der Waals surface area contributed by atoms with Gasteiger partial charge in [0.1, 0.15) is 5.75 Å². The van der Waals surface area contributed by atoms with E-state index < -0.39 is 0 Å². The molecule has 2 rings (SSSR count). The number of aromatic amines is 1. The van der Waals surface area contributed by atoms with E-state index in [0.29, 0.717) is 11.6 Å². The molecule has 1 heterocycles. The second-order valence-corrected chi connectivity index (χ2v) is 3.76. The summed E-state index contributed by atoms with van der Waals surface area (Å²) < 4.78 is 5.31. The number of H-pyrrole nitrogens is 1. The molecule has 0 saturated carbocycles. The van der Waals surface area contributed by atoms with Gasteiger partial charge in [-0.2, -0.15) is 0 Å². The van der Waals surface area contributed by atoms with Crippen molar-refractivity contribution < 1.29 is 4.74 Å². The van der Waals surface area contributed by atoms with E-state index in [0.717, 1.165) is 28.6 Å². The van der Waals surface area contributed by atoms with Crippen LogP contribution in [-0.4, -0.2) is 18.6 Å². The molecule has 15 heavy (non-hydrogen) atoms. The number of aromatic nitrogens is 1. The van der Waals surface area contributed by atoms with Crippen molar-refractivity contribution in [3.05, 3.63) is 28.9 Å². The number of hydrogen-bond acceptors (Lipinski definition) is 2. The lowest BCUT2D eigenvalue weighted by molar-refractivity contribution is 0.420. The number of halogens is 1. The van der Waals surface area contributed by atoms with Crippen LogP contribution in [0.1, 0.15) is 5.56 Å². The largest absolute Gasteiger partial charge is 0.494 e. The Morgan fingerprint density at radius 2 is 2.27 bits per heavy atom. The Kier molecular flexibility index (Phi) is 2.84. The summed E-state index contributed by atoms with van der Waals surface area (Å²) in [6, 6.07) is 3.77. The van der Waals surface area contributed by atoms with Crippen LogP contribution in [0.5, 0.6) is 5.75 Å². The van der Waals surface area contributed by atoms with Gasteiger partial charge in [-0.1, -0.05) is 11.6 Å². The van der Waals surface area contributed by atoms with E-state index in [4.69, 9.17) is 22.1 Å². The van der Waals surface area contributed by atoms with Crippen LogP contribution in [0.4, 0.5) is 0 Å². The van der Waals surface area contributed by atoms with Crippen molar-refractivity contribution in [1.29, 1.82) is 0 Å². The maximum atomic E-state index is 6.06. The van der Waals surface area contributed by atoms with Gasteiger partial charge in [0.05, 0.1) is 12.1 Å². The summed E-state index contributed by atoms with van der Waals surface area (Å²) >= 11 is 6.06. The molecule has 1 aromatic heterocycles. The Labute approximate surface area is 93.2 Å². The van der Waals surface area contributed by atoms with Gasteiger partial charge in [0.15, 0.2) is 0 Å². The molecule has 0 unspecified atom stereocenters. The van der Waals surface area contributed by atoms with Crippen molar-refractivity contribution >= 4 is 22.5 Å². The Hall–Kier alpha value is -1.19. The number of nitrogens with one attached hydrogen (secondary N) is 1. The minimum atomic E-state index is 0.614. The molecule has 0 aliphatic carbocycles. The maximum Gasteiger partial charge on any atom is 0.147 e. The number of nitrogens with two attached hydrogens (primary N) is 1. The number of methoxy groups -OCH3 is 1. The SMILES string of the molecule is COc1c(Cl)ccc2[nH]cc(CCN)c12. The smallest absolute Gasteiger partial charge is 0.147 e. The second kappa shape index (κ2) is 4.13. The van der Waals surface area contributed by atoms with E-state index >= 15 is 0 Å². The monoisotopic (exact) mass is 224 g/mol. The third-order valence-electron chi connectivity index (χ3n) is 2.45. The molecule has 1 aromatic carbocycles. The van der Waals surface area contributed by atoms with E-state index in [1.165, 1.54) is 0 Å². The van der Waals surface area contributed by atoms with Gasteiger partial charge < -0.3 is 15.5 Å². The van der Waals surface area contributed by atoms with Crippen molar-refractivity contribution in [1.82, 2.24) is 4.98 Å². The van der Waals surface area contributed by atoms with Crippen molar-refractivity contribution in [2.75, 3.05) is 13.7 Å². The fourth-order valence-electron chi connectivity index (χ4n) is 1.79. The van der Waals surface area contributed by atoms with Crippen LogP contribution in [-0.2, 0) is 6.42 Å². The molecule has 3 N–H and O–H groups in total. The van der Waals surface area contributed by atoms with E-state index in [1.807, 2.05) is 18.3 Å². The molecule has 4 heteroatoms. The first kappa shape index (κ1) is 10.3. The molecule has 0 atom stereocenters. The zero-order valence-corrected chi connectivity index (χ0v) is 9.27. The minimum Gasteiger partial charge on any atom is -0.494 e. The lowest BCUT2D eigenvalue weighted by Gasteiger charge is -2.06. The highest BCUT2D eigenvalue weighted by Gasteiger charge is 2.11. The van der Waals surface area contributed by atoms with Crippen LogP contribution < -0.4 is 10.5 Å². The quantitative estimate of drug-likeness (QED) is 0.841. The second-order valence-electron chi connectivity index (χ2n) is 3.36. The van der Waals surface area contributed by atoms with Crippen molar-refractivity contribution in [2.24, 2.45) is 5.73 Å². The Bertz CT molecular complexity index is 479. The molecule has 3 nitrogen and oxygen atoms in total. The summed E-state index contributed by atoms with van der Waals surface area (Å²) in [7, 11) is 1.62. The molecule has 0 radical (unpaired) electrons. The minimum absolute atomic E-state index is 0.614. The highest BCUT2D eigenvalue weighted by molar-refractivity contribution is 6.33. The molecule has 0 aliphatic heterocycles. The predicted molar refractivity (Wildman–Crippen MR) is 62.6 cm³/mol. The molecule has 0 spiro atoms. The fraction of sp³-hybridized carbons (Fsp3) is 0.273. The van der Waals surface area contributed by atoms with Gasteiger partial charge >= 0.3 is 0 Å². The zero-order chi connectivity index (χ0) is 10.8. The summed E-state index contributed by atoms with van der Waals surface area (Å²) in [6.45, 7) is 0.614. The van der Waals surface area contributed by atoms with Crippen molar-refractivity contribution in [3.8, 4) is 5.75 Å². The fourth-order valence-corrected chi connectivity index (χ4v) is 2.02. The first-order valence-corrected chi connectivity index (χ1v) is 5.18. The summed E-state index contributed by atoms with van der Waals surface area (Å²) in [4.78, 5) is 3.18. The number of fused-ring (bicyclic) bond motifs is 1. The summed E-state index contributed by atoms with van der Waals surface area (Å²) in [5, 5.41) is 1.67.